The van der Waals surface area contributed by atoms with Crippen LogP contribution >= 0.6 is 0 Å². The van der Waals surface area contributed by atoms with Gasteiger partial charge >= 0.3 is 5.97 Å². The van der Waals surface area contributed by atoms with E-state index in [-0.39, 0.29) is 35.6 Å². The number of carboxylic acids is 1. The third kappa shape index (κ3) is 1.49. The number of carbonyl (C=O) groups is 3. The van der Waals surface area contributed by atoms with Crippen molar-refractivity contribution in [2.45, 2.75) is 34.1 Å². The molecule has 3 atom stereocenters. The van der Waals surface area contributed by atoms with Crippen molar-refractivity contribution in [3.05, 3.63) is 0 Å². The summed E-state index contributed by atoms with van der Waals surface area (Å²) >= 11 is 0. The van der Waals surface area contributed by atoms with E-state index in [4.69, 9.17) is 0 Å². The van der Waals surface area contributed by atoms with Crippen LogP contribution in [-0.2, 0) is 14.4 Å². The third-order valence-corrected chi connectivity index (χ3v) is 4.70. The minimum absolute atomic E-state index is 0.0143. The number of imide groups is 1. The molecule has 2 aliphatic rings. The molecule has 1 aliphatic heterocycles. The lowest BCUT2D eigenvalue weighted by Gasteiger charge is -2.30. The number of nitrogens with zero attached hydrogens (tertiary/aromatic N) is 1. The number of likely N-dealkylation sites (tertiary alicyclic amines) is 1. The zero-order chi connectivity index (χ0) is 13.9. The summed E-state index contributed by atoms with van der Waals surface area (Å²) in [5, 5.41) is 9.20. The molecule has 1 saturated carbocycles. The maximum atomic E-state index is 12.1. The van der Waals surface area contributed by atoms with E-state index in [2.05, 4.69) is 0 Å². The Morgan fingerprint density at radius 3 is 2.11 bits per heavy atom. The van der Waals surface area contributed by atoms with Gasteiger partial charge in [0.15, 0.2) is 0 Å². The Balaban J connectivity index is 2.17. The van der Waals surface area contributed by atoms with Crippen LogP contribution in [0, 0.1) is 22.7 Å². The number of carboxylic acid groups (broad SMARTS) is 1. The first kappa shape index (κ1) is 13.1. The number of fused-ring (bicyclic) bond motifs is 1. The van der Waals surface area contributed by atoms with Gasteiger partial charge in [-0.3, -0.25) is 19.3 Å². The molecule has 1 aliphatic carbocycles. The van der Waals surface area contributed by atoms with Gasteiger partial charge in [0.05, 0.1) is 17.3 Å². The van der Waals surface area contributed by atoms with Crippen LogP contribution in [0.1, 0.15) is 34.1 Å². The summed E-state index contributed by atoms with van der Waals surface area (Å²) in [6.07, 6.45) is 0.387. The molecule has 0 spiro atoms. The number of piperidine rings is 1. The molecule has 5 heteroatoms. The number of aliphatic carboxylic acids is 1. The van der Waals surface area contributed by atoms with Gasteiger partial charge in [-0.2, -0.15) is 0 Å². The van der Waals surface area contributed by atoms with Gasteiger partial charge in [-0.1, -0.05) is 20.8 Å². The van der Waals surface area contributed by atoms with Gasteiger partial charge in [-0.25, -0.2) is 0 Å². The van der Waals surface area contributed by atoms with Crippen LogP contribution in [0.4, 0.5) is 0 Å². The van der Waals surface area contributed by atoms with E-state index >= 15 is 0 Å². The molecule has 1 saturated heterocycles. The number of rotatable bonds is 4. The van der Waals surface area contributed by atoms with Gasteiger partial charge in [0.1, 0.15) is 0 Å². The lowest BCUT2D eigenvalue weighted by molar-refractivity contribution is -0.153. The highest BCUT2D eigenvalue weighted by molar-refractivity contribution is 6.10. The number of hydrogen-bond acceptors (Lipinski definition) is 3. The Labute approximate surface area is 106 Å². The average molecular weight is 253 g/mol. The lowest BCUT2D eigenvalue weighted by Crippen LogP contribution is -2.46. The lowest BCUT2D eigenvalue weighted by atomic mass is 9.86. The minimum atomic E-state index is -1.05. The molecule has 2 amide bonds. The summed E-state index contributed by atoms with van der Waals surface area (Å²) in [7, 11) is 0. The zero-order valence-electron chi connectivity index (χ0n) is 11.2. The molecule has 1 N–H and O–H groups in total. The number of amides is 2. The Kier molecular flexibility index (Phi) is 2.58. The molecule has 100 valence electrons. The van der Waals surface area contributed by atoms with Crippen LogP contribution in [-0.4, -0.2) is 34.3 Å². The van der Waals surface area contributed by atoms with Crippen LogP contribution in [0.5, 0.6) is 0 Å². The van der Waals surface area contributed by atoms with E-state index < -0.39 is 11.4 Å². The van der Waals surface area contributed by atoms with Gasteiger partial charge in [-0.15, -0.1) is 0 Å². The topological polar surface area (TPSA) is 74.7 Å². The highest BCUT2D eigenvalue weighted by Crippen LogP contribution is 2.63. The minimum Gasteiger partial charge on any atom is -0.481 e. The molecular formula is C13H19NO4. The van der Waals surface area contributed by atoms with Crippen LogP contribution < -0.4 is 0 Å². The fourth-order valence-corrected chi connectivity index (χ4v) is 2.84. The summed E-state index contributed by atoms with van der Waals surface area (Å²) in [5.74, 6) is -1.84. The summed E-state index contributed by atoms with van der Waals surface area (Å²) in [5.41, 5.74) is -1.29. The molecule has 3 unspecified atom stereocenters. The van der Waals surface area contributed by atoms with E-state index in [9.17, 15) is 19.5 Å². The molecule has 0 aromatic heterocycles. The predicted octanol–water partition coefficient (Wildman–Crippen LogP) is 1.13. The predicted molar refractivity (Wildman–Crippen MR) is 63.5 cm³/mol. The van der Waals surface area contributed by atoms with Crippen LogP contribution in [0.3, 0.4) is 0 Å². The summed E-state index contributed by atoms with van der Waals surface area (Å²) in [6, 6.07) is 0. The average Bonchev–Trinajstić information content (AvgIpc) is 2.76. The second-order valence-electron chi connectivity index (χ2n) is 6.26. The third-order valence-electron chi connectivity index (χ3n) is 4.70. The Bertz CT molecular complexity index is 418. The molecule has 5 nitrogen and oxygen atoms in total. The van der Waals surface area contributed by atoms with E-state index in [0.29, 0.717) is 6.42 Å². The molecule has 18 heavy (non-hydrogen) atoms. The summed E-state index contributed by atoms with van der Waals surface area (Å²) < 4.78 is 0. The van der Waals surface area contributed by atoms with Crippen LogP contribution in [0.15, 0.2) is 0 Å². The van der Waals surface area contributed by atoms with Gasteiger partial charge < -0.3 is 5.11 Å². The molecule has 0 aromatic rings. The van der Waals surface area contributed by atoms with Crippen molar-refractivity contribution >= 4 is 17.8 Å². The van der Waals surface area contributed by atoms with Crippen molar-refractivity contribution in [1.29, 1.82) is 0 Å². The molecule has 0 aromatic carbocycles. The molecule has 0 radical (unpaired) electrons. The fourth-order valence-electron chi connectivity index (χ4n) is 2.84. The first-order valence-electron chi connectivity index (χ1n) is 6.25. The number of carbonyl (C=O) groups excluding carboxylic acids is 2. The van der Waals surface area contributed by atoms with Crippen molar-refractivity contribution in [2.24, 2.45) is 22.7 Å². The van der Waals surface area contributed by atoms with Crippen molar-refractivity contribution in [1.82, 2.24) is 4.90 Å². The van der Waals surface area contributed by atoms with E-state index in [1.165, 1.54) is 0 Å². The molecule has 1 heterocycles. The quantitative estimate of drug-likeness (QED) is 0.762. The second-order valence-corrected chi connectivity index (χ2v) is 6.26. The second kappa shape index (κ2) is 3.56. The van der Waals surface area contributed by atoms with E-state index in [0.717, 1.165) is 4.90 Å². The first-order chi connectivity index (χ1) is 8.16. The Hall–Kier alpha value is -1.39. The van der Waals surface area contributed by atoms with Crippen molar-refractivity contribution in [2.75, 3.05) is 6.54 Å². The van der Waals surface area contributed by atoms with Gasteiger partial charge in [-0.05, 0) is 18.8 Å². The van der Waals surface area contributed by atoms with Gasteiger partial charge in [0, 0.05) is 6.54 Å². The Morgan fingerprint density at radius 2 is 1.78 bits per heavy atom. The summed E-state index contributed by atoms with van der Waals surface area (Å²) in [4.78, 5) is 36.6. The monoisotopic (exact) mass is 253 g/mol. The molecule has 2 fully saturated rings. The van der Waals surface area contributed by atoms with Crippen molar-refractivity contribution in [3.63, 3.8) is 0 Å². The normalized spacial score (nSPS) is 32.1. The number of hydrogen-bond donors (Lipinski definition) is 1. The maximum Gasteiger partial charge on any atom is 0.311 e. The van der Waals surface area contributed by atoms with Gasteiger partial charge in [0.25, 0.3) is 0 Å². The molecular weight excluding hydrogens is 234 g/mol. The maximum absolute atomic E-state index is 12.1. The molecule has 0 bridgehead atoms. The summed E-state index contributed by atoms with van der Waals surface area (Å²) in [6.45, 7) is 7.13. The van der Waals surface area contributed by atoms with Crippen molar-refractivity contribution in [3.8, 4) is 0 Å². The van der Waals surface area contributed by atoms with Crippen molar-refractivity contribution < 1.29 is 19.5 Å². The smallest absolute Gasteiger partial charge is 0.311 e. The Morgan fingerprint density at radius 1 is 1.33 bits per heavy atom. The largest absolute Gasteiger partial charge is 0.481 e. The van der Waals surface area contributed by atoms with Crippen LogP contribution in [0.25, 0.3) is 0 Å². The zero-order valence-corrected chi connectivity index (χ0v) is 11.2. The standard InChI is InChI=1S/C13H19NO4/c1-5-13(4,11(17)18)6-14-9(15)7-8(10(14)16)12(7,2)3/h7-8H,5-6H2,1-4H3,(H,17,18). The molecule has 2 rings (SSSR count). The van der Waals surface area contributed by atoms with E-state index in [1.807, 2.05) is 13.8 Å². The highest BCUT2D eigenvalue weighted by atomic mass is 16.4. The highest BCUT2D eigenvalue weighted by Gasteiger charge is 2.72. The first-order valence-corrected chi connectivity index (χ1v) is 6.25. The SMILES string of the molecule is CCC(C)(CN1C(=O)C2C(C1=O)C2(C)C)C(=O)O. The van der Waals surface area contributed by atoms with Gasteiger partial charge in [0.2, 0.25) is 11.8 Å². The van der Waals surface area contributed by atoms with E-state index in [1.54, 1.807) is 13.8 Å². The fraction of sp³-hybridized carbons (Fsp3) is 0.769. The van der Waals surface area contributed by atoms with Crippen LogP contribution in [0.2, 0.25) is 0 Å².